The SMILES string of the molecule is O=C(CCc1ccccn1)NCc1ccncc1C(F)(F)F. The molecule has 0 saturated heterocycles. The summed E-state index contributed by atoms with van der Waals surface area (Å²) in [6.07, 6.45) is -0.222. The molecule has 0 fully saturated rings. The molecule has 0 spiro atoms. The fourth-order valence-electron chi connectivity index (χ4n) is 1.90. The first-order chi connectivity index (χ1) is 10.5. The predicted octanol–water partition coefficient (Wildman–Crippen LogP) is 2.74. The van der Waals surface area contributed by atoms with Crippen molar-refractivity contribution in [2.24, 2.45) is 0 Å². The van der Waals surface area contributed by atoms with Gasteiger partial charge in [0, 0.05) is 37.3 Å². The van der Waals surface area contributed by atoms with E-state index < -0.39 is 11.7 Å². The van der Waals surface area contributed by atoms with E-state index in [2.05, 4.69) is 15.3 Å². The summed E-state index contributed by atoms with van der Waals surface area (Å²) in [6, 6.07) is 6.62. The van der Waals surface area contributed by atoms with Gasteiger partial charge in [-0.05, 0) is 30.2 Å². The fourth-order valence-corrected chi connectivity index (χ4v) is 1.90. The number of amides is 1. The maximum Gasteiger partial charge on any atom is 0.418 e. The molecule has 2 rings (SSSR count). The van der Waals surface area contributed by atoms with Gasteiger partial charge in [-0.2, -0.15) is 13.2 Å². The number of rotatable bonds is 5. The van der Waals surface area contributed by atoms with Gasteiger partial charge in [-0.25, -0.2) is 0 Å². The Bertz CT molecular complexity index is 629. The summed E-state index contributed by atoms with van der Waals surface area (Å²) in [5.41, 5.74) is -0.0775. The Kier molecular flexibility index (Phi) is 5.08. The van der Waals surface area contributed by atoms with Crippen molar-refractivity contribution >= 4 is 5.91 Å². The lowest BCUT2D eigenvalue weighted by Crippen LogP contribution is -2.25. The van der Waals surface area contributed by atoms with E-state index in [0.717, 1.165) is 11.9 Å². The molecule has 0 atom stereocenters. The Labute approximate surface area is 125 Å². The van der Waals surface area contributed by atoms with Gasteiger partial charge >= 0.3 is 6.18 Å². The van der Waals surface area contributed by atoms with Crippen molar-refractivity contribution in [1.82, 2.24) is 15.3 Å². The van der Waals surface area contributed by atoms with E-state index in [1.54, 1.807) is 18.3 Å². The average molecular weight is 309 g/mol. The third kappa shape index (κ3) is 4.54. The lowest BCUT2D eigenvalue weighted by molar-refractivity contribution is -0.138. The second-order valence-electron chi connectivity index (χ2n) is 4.63. The molecule has 2 aromatic rings. The van der Waals surface area contributed by atoms with Gasteiger partial charge in [0.15, 0.2) is 0 Å². The number of alkyl halides is 3. The standard InChI is InChI=1S/C15H14F3N3O/c16-15(17,18)13-10-19-8-6-11(13)9-21-14(22)5-4-12-3-1-2-7-20-12/h1-3,6-8,10H,4-5,9H2,(H,21,22). The number of hydrogen-bond acceptors (Lipinski definition) is 3. The van der Waals surface area contributed by atoms with E-state index in [1.165, 1.54) is 12.3 Å². The molecule has 116 valence electrons. The summed E-state index contributed by atoms with van der Waals surface area (Å²) < 4.78 is 38.3. The van der Waals surface area contributed by atoms with Crippen molar-refractivity contribution in [1.29, 1.82) is 0 Å². The summed E-state index contributed by atoms with van der Waals surface area (Å²) in [6.45, 7) is -0.182. The molecule has 0 radical (unpaired) electrons. The van der Waals surface area contributed by atoms with Crippen LogP contribution < -0.4 is 5.32 Å². The highest BCUT2D eigenvalue weighted by Crippen LogP contribution is 2.31. The number of carbonyl (C=O) groups is 1. The zero-order chi connectivity index (χ0) is 16.0. The highest BCUT2D eigenvalue weighted by Gasteiger charge is 2.33. The molecule has 7 heteroatoms. The number of halogens is 3. The van der Waals surface area contributed by atoms with Gasteiger partial charge in [0.2, 0.25) is 5.91 Å². The van der Waals surface area contributed by atoms with Crippen molar-refractivity contribution in [3.63, 3.8) is 0 Å². The Balaban J connectivity index is 1.89. The molecule has 2 heterocycles. The van der Waals surface area contributed by atoms with E-state index in [-0.39, 0.29) is 24.4 Å². The van der Waals surface area contributed by atoms with Gasteiger partial charge < -0.3 is 5.32 Å². The third-order valence-corrected chi connectivity index (χ3v) is 3.03. The zero-order valence-electron chi connectivity index (χ0n) is 11.6. The van der Waals surface area contributed by atoms with E-state index in [0.29, 0.717) is 6.42 Å². The van der Waals surface area contributed by atoms with E-state index >= 15 is 0 Å². The molecule has 0 aliphatic heterocycles. The van der Waals surface area contributed by atoms with Crippen molar-refractivity contribution < 1.29 is 18.0 Å². The smallest absolute Gasteiger partial charge is 0.352 e. The molecule has 1 N–H and O–H groups in total. The number of hydrogen-bond donors (Lipinski definition) is 1. The number of aromatic nitrogens is 2. The highest BCUT2D eigenvalue weighted by molar-refractivity contribution is 5.76. The van der Waals surface area contributed by atoms with Crippen LogP contribution in [-0.2, 0) is 23.9 Å². The molecule has 0 saturated carbocycles. The van der Waals surface area contributed by atoms with Gasteiger partial charge in [-0.15, -0.1) is 0 Å². The van der Waals surface area contributed by atoms with Crippen LogP contribution in [0.4, 0.5) is 13.2 Å². The van der Waals surface area contributed by atoms with Gasteiger partial charge in [0.25, 0.3) is 0 Å². The Morgan fingerprint density at radius 1 is 1.18 bits per heavy atom. The summed E-state index contributed by atoms with van der Waals surface area (Å²) >= 11 is 0. The predicted molar refractivity (Wildman–Crippen MR) is 73.6 cm³/mol. The number of nitrogens with one attached hydrogen (secondary N) is 1. The van der Waals surface area contributed by atoms with Gasteiger partial charge in [-0.3, -0.25) is 14.8 Å². The van der Waals surface area contributed by atoms with Crippen LogP contribution in [0.15, 0.2) is 42.9 Å². The van der Waals surface area contributed by atoms with Gasteiger partial charge in [0.1, 0.15) is 0 Å². The summed E-state index contributed by atoms with van der Waals surface area (Å²) in [5, 5.41) is 2.49. The summed E-state index contributed by atoms with van der Waals surface area (Å²) in [4.78, 5) is 19.3. The number of pyridine rings is 2. The van der Waals surface area contributed by atoms with Crippen LogP contribution >= 0.6 is 0 Å². The molecule has 0 unspecified atom stereocenters. The quantitative estimate of drug-likeness (QED) is 0.924. The topological polar surface area (TPSA) is 54.9 Å². The summed E-state index contributed by atoms with van der Waals surface area (Å²) in [5.74, 6) is -0.324. The maximum absolute atomic E-state index is 12.8. The van der Waals surface area contributed by atoms with Crippen molar-refractivity contribution in [2.75, 3.05) is 0 Å². The molecular weight excluding hydrogens is 295 g/mol. The molecule has 1 amide bonds. The molecular formula is C15H14F3N3O. The van der Waals surface area contributed by atoms with E-state index in [9.17, 15) is 18.0 Å². The second-order valence-corrected chi connectivity index (χ2v) is 4.63. The first-order valence-corrected chi connectivity index (χ1v) is 6.63. The number of carbonyl (C=O) groups excluding carboxylic acids is 1. The van der Waals surface area contributed by atoms with Crippen LogP contribution in [0.3, 0.4) is 0 Å². The fraction of sp³-hybridized carbons (Fsp3) is 0.267. The van der Waals surface area contributed by atoms with Crippen molar-refractivity contribution in [2.45, 2.75) is 25.6 Å². The Hall–Kier alpha value is -2.44. The summed E-state index contributed by atoms with van der Waals surface area (Å²) in [7, 11) is 0. The molecule has 22 heavy (non-hydrogen) atoms. The van der Waals surface area contributed by atoms with Gasteiger partial charge in [-0.1, -0.05) is 6.07 Å². The minimum Gasteiger partial charge on any atom is -0.352 e. The zero-order valence-corrected chi connectivity index (χ0v) is 11.6. The normalized spacial score (nSPS) is 11.2. The third-order valence-electron chi connectivity index (χ3n) is 3.03. The molecule has 2 aromatic heterocycles. The monoisotopic (exact) mass is 309 g/mol. The van der Waals surface area contributed by atoms with Crippen LogP contribution in [0.25, 0.3) is 0 Å². The van der Waals surface area contributed by atoms with Gasteiger partial charge in [0.05, 0.1) is 5.56 Å². The highest BCUT2D eigenvalue weighted by atomic mass is 19.4. The van der Waals surface area contributed by atoms with Crippen LogP contribution in [-0.4, -0.2) is 15.9 Å². The molecule has 0 bridgehead atoms. The largest absolute Gasteiger partial charge is 0.418 e. The first-order valence-electron chi connectivity index (χ1n) is 6.63. The minimum atomic E-state index is -4.48. The molecule has 0 aliphatic rings. The first kappa shape index (κ1) is 15.9. The van der Waals surface area contributed by atoms with Crippen molar-refractivity contribution in [3.8, 4) is 0 Å². The Morgan fingerprint density at radius 3 is 2.68 bits per heavy atom. The molecule has 0 aliphatic carbocycles. The second kappa shape index (κ2) is 7.02. The average Bonchev–Trinajstić information content (AvgIpc) is 2.51. The minimum absolute atomic E-state index is 0.00585. The van der Waals surface area contributed by atoms with Crippen LogP contribution in [0.5, 0.6) is 0 Å². The van der Waals surface area contributed by atoms with Crippen molar-refractivity contribution in [3.05, 3.63) is 59.7 Å². The number of aryl methyl sites for hydroxylation is 1. The van der Waals surface area contributed by atoms with Crippen LogP contribution in [0, 0.1) is 0 Å². The molecule has 4 nitrogen and oxygen atoms in total. The lowest BCUT2D eigenvalue weighted by Gasteiger charge is -2.12. The van der Waals surface area contributed by atoms with E-state index in [1.807, 2.05) is 6.07 Å². The molecule has 0 aromatic carbocycles. The van der Waals surface area contributed by atoms with Crippen LogP contribution in [0.1, 0.15) is 23.2 Å². The maximum atomic E-state index is 12.8. The number of nitrogens with zero attached hydrogens (tertiary/aromatic N) is 2. The van der Waals surface area contributed by atoms with E-state index in [4.69, 9.17) is 0 Å². The van der Waals surface area contributed by atoms with Crippen LogP contribution in [0.2, 0.25) is 0 Å². The lowest BCUT2D eigenvalue weighted by atomic mass is 10.1. The Morgan fingerprint density at radius 2 is 2.00 bits per heavy atom.